The first-order chi connectivity index (χ1) is 31.4. The molecule has 15 nitrogen and oxygen atoms in total. The predicted molar refractivity (Wildman–Crippen MR) is 238 cm³/mol. The molecule has 2 aliphatic carbocycles. The summed E-state index contributed by atoms with van der Waals surface area (Å²) in [6.45, 7) is 8.99. The summed E-state index contributed by atoms with van der Waals surface area (Å²) in [6.07, 6.45) is -4.60. The van der Waals surface area contributed by atoms with Gasteiger partial charge in [-0.25, -0.2) is 22.6 Å². The smallest absolute Gasteiger partial charge is 0.425 e. The van der Waals surface area contributed by atoms with Crippen molar-refractivity contribution in [1.29, 1.82) is 0 Å². The number of pyridine rings is 1. The zero-order chi connectivity index (χ0) is 48.8. The number of carbonyl (C=O) groups is 4. The van der Waals surface area contributed by atoms with Gasteiger partial charge in [-0.1, -0.05) is 26.0 Å². The lowest BCUT2D eigenvalue weighted by atomic mass is 9.88. The predicted octanol–water partition coefficient (Wildman–Crippen LogP) is 7.12. The van der Waals surface area contributed by atoms with Gasteiger partial charge in [0.15, 0.2) is 17.7 Å². The van der Waals surface area contributed by atoms with Gasteiger partial charge in [-0.3, -0.25) is 19.1 Å². The second kappa shape index (κ2) is 18.8. The third kappa shape index (κ3) is 10.7. The standard InChI is InChI=1S/C47H57F4N5O10S/c1-25(2)64-38-15-12-29(20-35(38)48)36-21-30-19-32(63-7)13-14-34(30)41(52-36)66-33-22-37-40(57)54-46(43(59)55-67(61,62)45(6)16-17-45)23-31(46)11-9-8-10-26(3)18-27(4)39(42(58)56(37)24-33)53-44(60)65-28(5)47(49,50)51/h9,11-15,19-21,25-28,31,33,37,39H,8,10,16-18,22-24H2,1-7H3,(H,53,60)(H,54,57)(H,55,59)/b11-9-/t26-,27+,28+,31+,33+,37-,39-,46+/m0/s1. The van der Waals surface area contributed by atoms with Gasteiger partial charge in [0.2, 0.25) is 27.7 Å². The van der Waals surface area contributed by atoms with Gasteiger partial charge >= 0.3 is 12.3 Å². The Hall–Kier alpha value is -5.66. The van der Waals surface area contributed by atoms with Crippen molar-refractivity contribution in [1.82, 2.24) is 25.2 Å². The number of hydrogen-bond donors (Lipinski definition) is 3. The van der Waals surface area contributed by atoms with Gasteiger partial charge in [-0.15, -0.1) is 0 Å². The van der Waals surface area contributed by atoms with E-state index < -0.39 is 92.2 Å². The lowest BCUT2D eigenvalue weighted by molar-refractivity contribution is -0.197. The summed E-state index contributed by atoms with van der Waals surface area (Å²) in [6, 6.07) is 8.29. The highest BCUT2D eigenvalue weighted by Gasteiger charge is 2.63. The molecule has 7 rings (SSSR count). The lowest BCUT2D eigenvalue weighted by Gasteiger charge is -2.33. The number of hydrogen-bond acceptors (Lipinski definition) is 11. The maximum absolute atomic E-state index is 15.3. The maximum atomic E-state index is 15.3. The van der Waals surface area contributed by atoms with Crippen LogP contribution in [-0.2, 0) is 29.1 Å². The second-order valence-corrected chi connectivity index (χ2v) is 21.1. The molecule has 0 unspecified atom stereocenters. The van der Waals surface area contributed by atoms with Crippen molar-refractivity contribution < 1.29 is 64.1 Å². The van der Waals surface area contributed by atoms with E-state index in [4.69, 9.17) is 19.2 Å². The number of nitrogens with one attached hydrogen (secondary N) is 3. The maximum Gasteiger partial charge on any atom is 0.425 e. The molecule has 0 bridgehead atoms. The van der Waals surface area contributed by atoms with E-state index in [9.17, 15) is 40.8 Å². The van der Waals surface area contributed by atoms with E-state index in [1.807, 2.05) is 13.0 Å². The molecule has 3 aromatic rings. The van der Waals surface area contributed by atoms with Gasteiger partial charge in [0, 0.05) is 23.3 Å². The van der Waals surface area contributed by atoms with Crippen molar-refractivity contribution in [2.24, 2.45) is 17.8 Å². The van der Waals surface area contributed by atoms with Crippen molar-refractivity contribution in [3.63, 3.8) is 0 Å². The molecular formula is C47H57F4N5O10S. The molecule has 2 aromatic carbocycles. The molecule has 20 heteroatoms. The van der Waals surface area contributed by atoms with Crippen LogP contribution in [0.3, 0.4) is 0 Å². The van der Waals surface area contributed by atoms with Crippen molar-refractivity contribution >= 4 is 44.6 Å². The van der Waals surface area contributed by atoms with Gasteiger partial charge in [0.05, 0.1) is 30.2 Å². The molecule has 364 valence electrons. The van der Waals surface area contributed by atoms with Crippen LogP contribution in [0.1, 0.15) is 86.5 Å². The number of ether oxygens (including phenoxy) is 4. The zero-order valence-electron chi connectivity index (χ0n) is 38.4. The van der Waals surface area contributed by atoms with E-state index in [1.165, 1.54) is 26.2 Å². The fourth-order valence-corrected chi connectivity index (χ4v) is 10.0. The third-order valence-electron chi connectivity index (χ3n) is 13.1. The van der Waals surface area contributed by atoms with Gasteiger partial charge in [0.1, 0.15) is 29.5 Å². The van der Waals surface area contributed by atoms with Crippen LogP contribution in [0, 0.1) is 23.6 Å². The quantitative estimate of drug-likeness (QED) is 0.131. The summed E-state index contributed by atoms with van der Waals surface area (Å²) in [5.74, 6) is -4.01. The minimum absolute atomic E-state index is 0.0428. The monoisotopic (exact) mass is 959 g/mol. The van der Waals surface area contributed by atoms with E-state index in [2.05, 4.69) is 20.1 Å². The lowest BCUT2D eigenvalue weighted by Crippen LogP contribution is -2.59. The number of methoxy groups -OCH3 is 1. The number of sulfonamides is 1. The number of halogens is 4. The molecule has 67 heavy (non-hydrogen) atoms. The fraction of sp³-hybridized carbons (Fsp3) is 0.553. The SMILES string of the molecule is COc1ccc2c(O[C@@H]3C[C@H]4C(=O)N[C@]5(C(=O)NS(=O)(=O)C6(C)CC6)C[C@H]5/C=C\CC[C@H](C)C[C@@H](C)[C@H](NC(=O)O[C@H](C)C(F)(F)F)C(=O)N4C3)nc(-c3ccc(OC(C)C)c(F)c3)cc2c1. The Morgan fingerprint density at radius 1 is 1.03 bits per heavy atom. The number of nitrogens with zero attached hydrogens (tertiary/aromatic N) is 2. The summed E-state index contributed by atoms with van der Waals surface area (Å²) < 4.78 is 106. The summed E-state index contributed by atoms with van der Waals surface area (Å²) in [5.41, 5.74) is -1.04. The molecule has 4 aliphatic rings. The fourth-order valence-electron chi connectivity index (χ4n) is 8.72. The number of fused-ring (bicyclic) bond motifs is 3. The molecule has 0 spiro atoms. The Balaban J connectivity index is 1.27. The Kier molecular flexibility index (Phi) is 13.8. The highest BCUT2D eigenvalue weighted by Crippen LogP contribution is 2.48. The van der Waals surface area contributed by atoms with Crippen molar-refractivity contribution in [2.45, 2.75) is 133 Å². The Morgan fingerprint density at radius 3 is 2.42 bits per heavy atom. The highest BCUT2D eigenvalue weighted by molar-refractivity contribution is 7.91. The summed E-state index contributed by atoms with van der Waals surface area (Å²) >= 11 is 0. The van der Waals surface area contributed by atoms with E-state index >= 15 is 4.39 Å². The number of amides is 4. The molecular weight excluding hydrogens is 903 g/mol. The topological polar surface area (TPSA) is 192 Å². The number of alkyl halides is 3. The van der Waals surface area contributed by atoms with Crippen molar-refractivity contribution in [3.8, 4) is 28.6 Å². The molecule has 3 heterocycles. The second-order valence-electron chi connectivity index (χ2n) is 18.9. The molecule has 3 N–H and O–H groups in total. The number of allylic oxidation sites excluding steroid dienone is 1. The van der Waals surface area contributed by atoms with E-state index in [0.29, 0.717) is 66.8 Å². The first kappa shape index (κ1) is 49.3. The van der Waals surface area contributed by atoms with Crippen LogP contribution in [0.5, 0.6) is 17.4 Å². The van der Waals surface area contributed by atoms with E-state index in [0.717, 1.165) is 4.90 Å². The Bertz CT molecular complexity index is 2550. The van der Waals surface area contributed by atoms with Crippen molar-refractivity contribution in [2.75, 3.05) is 13.7 Å². The number of benzene rings is 2. The minimum atomic E-state index is -4.89. The molecule has 2 aliphatic heterocycles. The van der Waals surface area contributed by atoms with Gasteiger partial charge < -0.3 is 34.5 Å². The molecule has 3 fully saturated rings. The average molecular weight is 960 g/mol. The summed E-state index contributed by atoms with van der Waals surface area (Å²) in [7, 11) is -2.64. The van der Waals surface area contributed by atoms with Crippen LogP contribution in [0.2, 0.25) is 0 Å². The molecule has 2 saturated carbocycles. The van der Waals surface area contributed by atoms with Gasteiger partial charge in [-0.2, -0.15) is 13.2 Å². The van der Waals surface area contributed by atoms with Gasteiger partial charge in [-0.05, 0) is 126 Å². The molecule has 4 amide bonds. The average Bonchev–Trinajstić information content (AvgIpc) is 4.14. The van der Waals surface area contributed by atoms with E-state index in [-0.39, 0.29) is 43.0 Å². The third-order valence-corrected chi connectivity index (χ3v) is 15.3. The van der Waals surface area contributed by atoms with Crippen LogP contribution < -0.4 is 29.6 Å². The van der Waals surface area contributed by atoms with Crippen LogP contribution >= 0.6 is 0 Å². The van der Waals surface area contributed by atoms with Crippen molar-refractivity contribution in [3.05, 3.63) is 60.4 Å². The Morgan fingerprint density at radius 2 is 1.76 bits per heavy atom. The van der Waals surface area contributed by atoms with Gasteiger partial charge in [0.25, 0.3) is 5.91 Å². The Labute approximate surface area is 386 Å². The van der Waals surface area contributed by atoms with Crippen LogP contribution in [0.4, 0.5) is 22.4 Å². The van der Waals surface area contributed by atoms with E-state index in [1.54, 1.807) is 57.2 Å². The van der Waals surface area contributed by atoms with Crippen LogP contribution in [0.25, 0.3) is 22.0 Å². The summed E-state index contributed by atoms with van der Waals surface area (Å²) in [4.78, 5) is 62.8. The molecule has 8 atom stereocenters. The molecule has 0 radical (unpaired) electrons. The van der Waals surface area contributed by atoms with Crippen LogP contribution in [-0.4, -0.2) is 103 Å². The normalized spacial score (nSPS) is 27.3. The number of carbonyl (C=O) groups excluding carboxylic acids is 4. The first-order valence-corrected chi connectivity index (χ1v) is 23.9. The largest absolute Gasteiger partial charge is 0.497 e. The van der Waals surface area contributed by atoms with Crippen LogP contribution in [0.15, 0.2) is 54.6 Å². The first-order valence-electron chi connectivity index (χ1n) is 22.5. The number of alkyl carbamates (subject to hydrolysis) is 1. The number of aromatic nitrogens is 1. The highest BCUT2D eigenvalue weighted by atomic mass is 32.2. The molecule has 1 aromatic heterocycles. The minimum Gasteiger partial charge on any atom is -0.497 e. The zero-order valence-corrected chi connectivity index (χ0v) is 39.2. The summed E-state index contributed by atoms with van der Waals surface area (Å²) in [5, 5.41) is 6.22. The molecule has 1 saturated heterocycles. The number of rotatable bonds is 11.